The van der Waals surface area contributed by atoms with Crippen LogP contribution in [0.5, 0.6) is 11.5 Å². The van der Waals surface area contributed by atoms with Gasteiger partial charge < -0.3 is 26.2 Å². The van der Waals surface area contributed by atoms with E-state index < -0.39 is 5.60 Å². The quantitative estimate of drug-likeness (QED) is 0.443. The molecule has 0 bridgehead atoms. The second kappa shape index (κ2) is 11.8. The molecule has 5 N–H and O–H groups in total. The van der Waals surface area contributed by atoms with E-state index in [0.717, 1.165) is 43.4 Å². The summed E-state index contributed by atoms with van der Waals surface area (Å²) in [5, 5.41) is 10.6. The first-order valence-corrected chi connectivity index (χ1v) is 11.7. The maximum absolute atomic E-state index is 12.8. The van der Waals surface area contributed by atoms with Crippen LogP contribution >= 0.6 is 0 Å². The highest BCUT2D eigenvalue weighted by Crippen LogP contribution is 2.46. The van der Waals surface area contributed by atoms with Gasteiger partial charge in [0.2, 0.25) is 5.91 Å². The van der Waals surface area contributed by atoms with Crippen LogP contribution in [-0.2, 0) is 4.79 Å². The molecular formula is C26H39N3O3. The van der Waals surface area contributed by atoms with Crippen LogP contribution in [0.4, 0.5) is 0 Å². The van der Waals surface area contributed by atoms with Crippen molar-refractivity contribution in [3.63, 3.8) is 0 Å². The fourth-order valence-electron chi connectivity index (χ4n) is 4.11. The Morgan fingerprint density at radius 1 is 1.31 bits per heavy atom. The molecule has 1 amide bonds. The highest BCUT2D eigenvalue weighted by Gasteiger charge is 2.35. The molecule has 2 unspecified atom stereocenters. The molecule has 0 fully saturated rings. The van der Waals surface area contributed by atoms with Crippen LogP contribution in [0, 0.1) is 5.92 Å². The number of fused-ring (bicyclic) bond motifs is 1. The van der Waals surface area contributed by atoms with E-state index >= 15 is 0 Å². The molecule has 32 heavy (non-hydrogen) atoms. The van der Waals surface area contributed by atoms with Crippen molar-refractivity contribution in [2.75, 3.05) is 19.6 Å². The standard InChI is InChI=1S/C26H39N3O3/c1-5-16-29(7-3)25(31)19(4)12-13-20(18-28)21-17-26(6-2,14-9-15-27)32-23-11-8-10-22(30)24(21)23/h8,10-13,17-19,30H,5-7,9,14-16,27-28H2,1-4H3/b13-12-,20-18+. The molecule has 6 nitrogen and oxygen atoms in total. The zero-order valence-electron chi connectivity index (χ0n) is 19.9. The monoisotopic (exact) mass is 441 g/mol. The number of nitrogens with two attached hydrogens (primary N) is 2. The van der Waals surface area contributed by atoms with Gasteiger partial charge in [0.25, 0.3) is 0 Å². The normalized spacial score (nSPS) is 19.3. The maximum Gasteiger partial charge on any atom is 0.229 e. The second-order valence-corrected chi connectivity index (χ2v) is 8.31. The minimum atomic E-state index is -0.529. The summed E-state index contributed by atoms with van der Waals surface area (Å²) in [5.74, 6) is 0.568. The van der Waals surface area contributed by atoms with E-state index in [-0.39, 0.29) is 17.6 Å². The molecule has 1 heterocycles. The smallest absolute Gasteiger partial charge is 0.229 e. The van der Waals surface area contributed by atoms with Crippen LogP contribution in [0.25, 0.3) is 5.57 Å². The molecular weight excluding hydrogens is 402 g/mol. The van der Waals surface area contributed by atoms with Gasteiger partial charge in [-0.15, -0.1) is 0 Å². The van der Waals surface area contributed by atoms with Crippen molar-refractivity contribution in [2.24, 2.45) is 17.4 Å². The molecule has 2 atom stereocenters. The van der Waals surface area contributed by atoms with Gasteiger partial charge in [-0.05, 0) is 68.5 Å². The lowest BCUT2D eigenvalue weighted by molar-refractivity contribution is -0.133. The maximum atomic E-state index is 12.8. The van der Waals surface area contributed by atoms with Gasteiger partial charge >= 0.3 is 0 Å². The summed E-state index contributed by atoms with van der Waals surface area (Å²) in [5.41, 5.74) is 13.4. The summed E-state index contributed by atoms with van der Waals surface area (Å²) in [4.78, 5) is 14.7. The van der Waals surface area contributed by atoms with Gasteiger partial charge in [-0.1, -0.05) is 39.0 Å². The average Bonchev–Trinajstić information content (AvgIpc) is 2.80. The Balaban J connectivity index is 2.44. The molecule has 176 valence electrons. The third-order valence-corrected chi connectivity index (χ3v) is 6.03. The van der Waals surface area contributed by atoms with Crippen LogP contribution in [0.3, 0.4) is 0 Å². The molecule has 0 spiro atoms. The van der Waals surface area contributed by atoms with E-state index in [2.05, 4.69) is 19.9 Å². The molecule has 0 radical (unpaired) electrons. The fourth-order valence-corrected chi connectivity index (χ4v) is 4.11. The van der Waals surface area contributed by atoms with E-state index in [0.29, 0.717) is 24.4 Å². The lowest BCUT2D eigenvalue weighted by atomic mass is 9.83. The number of phenols is 1. The molecule has 6 heteroatoms. The van der Waals surface area contributed by atoms with Gasteiger partial charge in [0.1, 0.15) is 17.1 Å². The molecule has 0 aliphatic carbocycles. The number of hydrogen-bond acceptors (Lipinski definition) is 5. The highest BCUT2D eigenvalue weighted by molar-refractivity contribution is 5.89. The zero-order chi connectivity index (χ0) is 23.7. The number of benzene rings is 1. The van der Waals surface area contributed by atoms with E-state index in [1.54, 1.807) is 12.1 Å². The number of phenolic OH excluding ortho intramolecular Hbond substituents is 1. The van der Waals surface area contributed by atoms with Crippen LogP contribution in [0.1, 0.15) is 58.9 Å². The summed E-state index contributed by atoms with van der Waals surface area (Å²) in [7, 11) is 0. The summed E-state index contributed by atoms with van der Waals surface area (Å²) < 4.78 is 6.37. The van der Waals surface area contributed by atoms with Crippen molar-refractivity contribution < 1.29 is 14.6 Å². The van der Waals surface area contributed by atoms with Gasteiger partial charge in [0.05, 0.1) is 11.5 Å². The fraction of sp³-hybridized carbons (Fsp3) is 0.500. The van der Waals surface area contributed by atoms with Crippen LogP contribution in [0.2, 0.25) is 0 Å². The third kappa shape index (κ3) is 5.74. The third-order valence-electron chi connectivity index (χ3n) is 6.03. The molecule has 1 aromatic rings. The minimum Gasteiger partial charge on any atom is -0.507 e. The number of aromatic hydroxyl groups is 1. The van der Waals surface area contributed by atoms with Crippen LogP contribution < -0.4 is 16.2 Å². The molecule has 1 aliphatic heterocycles. The predicted octanol–water partition coefficient (Wildman–Crippen LogP) is 4.35. The van der Waals surface area contributed by atoms with Gasteiger partial charge in [-0.3, -0.25) is 4.79 Å². The SMILES string of the molecule is CCCN(CC)C(=O)C(C)/C=C\C(=C/N)C1=CC(CC)(CCCN)Oc2cccc(O)c21. The van der Waals surface area contributed by atoms with E-state index in [4.69, 9.17) is 16.2 Å². The first-order chi connectivity index (χ1) is 15.4. The summed E-state index contributed by atoms with van der Waals surface area (Å²) in [6.07, 6.45) is 10.6. The topological polar surface area (TPSA) is 102 Å². The molecule has 2 rings (SSSR count). The number of carbonyl (C=O) groups excluding carboxylic acids is 1. The Kier molecular flexibility index (Phi) is 9.39. The van der Waals surface area contributed by atoms with Crippen molar-refractivity contribution in [1.82, 2.24) is 4.90 Å². The lowest BCUT2D eigenvalue weighted by Gasteiger charge is -2.37. The number of nitrogens with zero attached hydrogens (tertiary/aromatic N) is 1. The number of allylic oxidation sites excluding steroid dienone is 3. The van der Waals surface area contributed by atoms with Crippen molar-refractivity contribution in [3.05, 3.63) is 53.8 Å². The lowest BCUT2D eigenvalue weighted by Crippen LogP contribution is -2.36. The van der Waals surface area contributed by atoms with Crippen molar-refractivity contribution >= 4 is 11.5 Å². The Morgan fingerprint density at radius 3 is 2.66 bits per heavy atom. The van der Waals surface area contributed by atoms with Gasteiger partial charge in [-0.2, -0.15) is 0 Å². The van der Waals surface area contributed by atoms with Crippen molar-refractivity contribution in [1.29, 1.82) is 0 Å². The Bertz CT molecular complexity index is 875. The predicted molar refractivity (Wildman–Crippen MR) is 131 cm³/mol. The molecule has 0 aromatic heterocycles. The van der Waals surface area contributed by atoms with Gasteiger partial charge in [0, 0.05) is 19.3 Å². The number of ether oxygens (including phenoxy) is 1. The van der Waals surface area contributed by atoms with Gasteiger partial charge in [0.15, 0.2) is 0 Å². The van der Waals surface area contributed by atoms with E-state index in [1.165, 1.54) is 6.20 Å². The number of rotatable bonds is 11. The molecule has 1 aliphatic rings. The largest absolute Gasteiger partial charge is 0.507 e. The molecule has 1 aromatic carbocycles. The first-order valence-electron chi connectivity index (χ1n) is 11.7. The van der Waals surface area contributed by atoms with Gasteiger partial charge in [-0.25, -0.2) is 0 Å². The van der Waals surface area contributed by atoms with Crippen molar-refractivity contribution in [2.45, 2.75) is 59.0 Å². The Hall–Kier alpha value is -2.73. The number of hydrogen-bond donors (Lipinski definition) is 3. The molecule has 0 saturated carbocycles. The number of amides is 1. The highest BCUT2D eigenvalue weighted by atomic mass is 16.5. The average molecular weight is 442 g/mol. The number of carbonyl (C=O) groups is 1. The first kappa shape index (κ1) is 25.5. The summed E-state index contributed by atoms with van der Waals surface area (Å²) >= 11 is 0. The van der Waals surface area contributed by atoms with E-state index in [1.807, 2.05) is 37.0 Å². The second-order valence-electron chi connectivity index (χ2n) is 8.31. The Morgan fingerprint density at radius 2 is 2.06 bits per heavy atom. The van der Waals surface area contributed by atoms with Crippen LogP contribution in [0.15, 0.2) is 48.2 Å². The Labute approximate surface area is 192 Å². The van der Waals surface area contributed by atoms with Crippen molar-refractivity contribution in [3.8, 4) is 11.5 Å². The van der Waals surface area contributed by atoms with E-state index in [9.17, 15) is 9.90 Å². The summed E-state index contributed by atoms with van der Waals surface area (Å²) in [6.45, 7) is 10.0. The molecule has 0 saturated heterocycles. The zero-order valence-corrected chi connectivity index (χ0v) is 19.9. The summed E-state index contributed by atoms with van der Waals surface area (Å²) in [6, 6.07) is 5.28. The van der Waals surface area contributed by atoms with Crippen LogP contribution in [-0.4, -0.2) is 41.1 Å². The minimum absolute atomic E-state index is 0.0945.